The Balaban J connectivity index is 1.44. The standard InChI is InChI=1S/C26H32N2O2/c1-30-24-15-21-11-6-5-10-20(21)14-22(24)16-28-17-23(19-8-3-2-4-9-19)26(18-28)13-7-12-25(29)27-26/h2-4,8-9,14-15,23H,5-7,10-13,16-18H2,1H3,(H,27,29)/t23-,26+/m0/s1. The molecule has 0 radical (unpaired) electrons. The highest BCUT2D eigenvalue weighted by Gasteiger charge is 2.49. The zero-order valence-corrected chi connectivity index (χ0v) is 18.0. The lowest BCUT2D eigenvalue weighted by molar-refractivity contribution is -0.125. The second kappa shape index (κ2) is 8.07. The van der Waals surface area contributed by atoms with Crippen LogP contribution in [0, 0.1) is 0 Å². The Morgan fingerprint density at radius 2 is 1.83 bits per heavy atom. The van der Waals surface area contributed by atoms with E-state index in [2.05, 4.69) is 52.7 Å². The molecule has 1 spiro atoms. The molecule has 0 aromatic heterocycles. The van der Waals surface area contributed by atoms with Crippen LogP contribution in [0.25, 0.3) is 0 Å². The fraction of sp³-hybridized carbons (Fsp3) is 0.500. The third kappa shape index (κ3) is 3.62. The average Bonchev–Trinajstić information content (AvgIpc) is 3.10. The minimum absolute atomic E-state index is 0.155. The maximum absolute atomic E-state index is 12.4. The molecule has 2 fully saturated rings. The Kier molecular flexibility index (Phi) is 5.28. The highest BCUT2D eigenvalue weighted by atomic mass is 16.5. The van der Waals surface area contributed by atoms with Gasteiger partial charge in [0, 0.05) is 37.5 Å². The number of piperidine rings is 1. The third-order valence-electron chi connectivity index (χ3n) is 7.37. The Morgan fingerprint density at radius 3 is 2.57 bits per heavy atom. The average molecular weight is 405 g/mol. The SMILES string of the molecule is COc1cc2c(cc1CN1C[C@@H](c3ccccc3)[C@@]3(CCCC(=O)N3)C1)CCCC2. The lowest BCUT2D eigenvalue weighted by atomic mass is 9.76. The van der Waals surface area contributed by atoms with E-state index in [0.717, 1.165) is 38.2 Å². The third-order valence-corrected chi connectivity index (χ3v) is 7.37. The van der Waals surface area contributed by atoms with Gasteiger partial charge < -0.3 is 10.1 Å². The molecule has 2 heterocycles. The van der Waals surface area contributed by atoms with Gasteiger partial charge >= 0.3 is 0 Å². The van der Waals surface area contributed by atoms with Gasteiger partial charge in [-0.3, -0.25) is 9.69 Å². The van der Waals surface area contributed by atoms with Gasteiger partial charge in [0.1, 0.15) is 5.75 Å². The van der Waals surface area contributed by atoms with Crippen LogP contribution < -0.4 is 10.1 Å². The lowest BCUT2D eigenvalue weighted by Crippen LogP contribution is -2.56. The summed E-state index contributed by atoms with van der Waals surface area (Å²) in [7, 11) is 1.79. The van der Waals surface area contributed by atoms with Gasteiger partial charge in [0.15, 0.2) is 0 Å². The monoisotopic (exact) mass is 404 g/mol. The van der Waals surface area contributed by atoms with Crippen molar-refractivity contribution in [3.63, 3.8) is 0 Å². The van der Waals surface area contributed by atoms with Crippen molar-refractivity contribution in [3.8, 4) is 5.75 Å². The van der Waals surface area contributed by atoms with Crippen LogP contribution in [0.4, 0.5) is 0 Å². The number of nitrogens with zero attached hydrogens (tertiary/aromatic N) is 1. The molecule has 1 N–H and O–H groups in total. The van der Waals surface area contributed by atoms with Gasteiger partial charge in [-0.1, -0.05) is 36.4 Å². The predicted molar refractivity (Wildman–Crippen MR) is 119 cm³/mol. The molecule has 4 heteroatoms. The number of ether oxygens (including phenoxy) is 1. The van der Waals surface area contributed by atoms with Crippen molar-refractivity contribution >= 4 is 5.91 Å². The first-order chi connectivity index (χ1) is 14.7. The van der Waals surface area contributed by atoms with Crippen LogP contribution in [0.15, 0.2) is 42.5 Å². The van der Waals surface area contributed by atoms with E-state index in [0.29, 0.717) is 12.3 Å². The molecule has 2 aromatic rings. The molecule has 0 unspecified atom stereocenters. The minimum Gasteiger partial charge on any atom is -0.496 e. The summed E-state index contributed by atoms with van der Waals surface area (Å²) in [4.78, 5) is 14.9. The van der Waals surface area contributed by atoms with E-state index < -0.39 is 0 Å². The second-order valence-electron chi connectivity index (χ2n) is 9.33. The maximum atomic E-state index is 12.4. The summed E-state index contributed by atoms with van der Waals surface area (Å²) < 4.78 is 5.79. The fourth-order valence-electron chi connectivity index (χ4n) is 5.95. The Labute approximate surface area is 179 Å². The van der Waals surface area contributed by atoms with E-state index in [9.17, 15) is 4.79 Å². The molecule has 0 saturated carbocycles. The first-order valence-corrected chi connectivity index (χ1v) is 11.4. The smallest absolute Gasteiger partial charge is 0.220 e. The van der Waals surface area contributed by atoms with E-state index >= 15 is 0 Å². The van der Waals surface area contributed by atoms with Crippen LogP contribution in [-0.2, 0) is 24.2 Å². The second-order valence-corrected chi connectivity index (χ2v) is 9.33. The van der Waals surface area contributed by atoms with Crippen molar-refractivity contribution in [1.29, 1.82) is 0 Å². The Morgan fingerprint density at radius 1 is 1.07 bits per heavy atom. The van der Waals surface area contributed by atoms with Crippen LogP contribution in [-0.4, -0.2) is 36.5 Å². The number of amides is 1. The highest BCUT2D eigenvalue weighted by molar-refractivity contribution is 5.78. The van der Waals surface area contributed by atoms with Gasteiger partial charge in [0.25, 0.3) is 0 Å². The number of likely N-dealkylation sites (tertiary alicyclic amines) is 1. The summed E-state index contributed by atoms with van der Waals surface area (Å²) in [6.07, 6.45) is 7.60. The van der Waals surface area contributed by atoms with Crippen molar-refractivity contribution in [1.82, 2.24) is 10.2 Å². The van der Waals surface area contributed by atoms with Gasteiger partial charge in [0.2, 0.25) is 5.91 Å². The summed E-state index contributed by atoms with van der Waals surface area (Å²) in [5.74, 6) is 1.54. The first-order valence-electron chi connectivity index (χ1n) is 11.4. The van der Waals surface area contributed by atoms with Crippen molar-refractivity contribution in [3.05, 3.63) is 64.7 Å². The molecule has 5 rings (SSSR count). The molecule has 3 aliphatic rings. The number of fused-ring (bicyclic) bond motifs is 1. The quantitative estimate of drug-likeness (QED) is 0.830. The molecule has 158 valence electrons. The molecular weight excluding hydrogens is 372 g/mol. The van der Waals surface area contributed by atoms with Gasteiger partial charge in [-0.15, -0.1) is 0 Å². The van der Waals surface area contributed by atoms with E-state index in [1.165, 1.54) is 47.9 Å². The number of methoxy groups -OCH3 is 1. The number of hydrogen-bond donors (Lipinski definition) is 1. The van der Waals surface area contributed by atoms with Crippen LogP contribution in [0.5, 0.6) is 5.75 Å². The summed E-state index contributed by atoms with van der Waals surface area (Å²) >= 11 is 0. The molecule has 2 atom stereocenters. The summed E-state index contributed by atoms with van der Waals surface area (Å²) in [6.45, 7) is 2.74. The van der Waals surface area contributed by atoms with Gasteiger partial charge in [-0.25, -0.2) is 0 Å². The van der Waals surface area contributed by atoms with Gasteiger partial charge in [-0.05, 0) is 61.3 Å². The Hall–Kier alpha value is -2.33. The highest BCUT2D eigenvalue weighted by Crippen LogP contribution is 2.42. The normalized spacial score (nSPS) is 26.4. The lowest BCUT2D eigenvalue weighted by Gasteiger charge is -2.39. The van der Waals surface area contributed by atoms with Crippen molar-refractivity contribution < 1.29 is 9.53 Å². The number of rotatable bonds is 4. The van der Waals surface area contributed by atoms with Crippen molar-refractivity contribution in [2.45, 2.75) is 62.9 Å². The van der Waals surface area contributed by atoms with Crippen LogP contribution >= 0.6 is 0 Å². The zero-order valence-electron chi connectivity index (χ0n) is 18.0. The number of aryl methyl sites for hydroxylation is 2. The summed E-state index contributed by atoms with van der Waals surface area (Å²) in [5, 5.41) is 3.42. The zero-order chi connectivity index (χ0) is 20.6. The van der Waals surface area contributed by atoms with Gasteiger partial charge in [0.05, 0.1) is 12.6 Å². The van der Waals surface area contributed by atoms with Gasteiger partial charge in [-0.2, -0.15) is 0 Å². The summed E-state index contributed by atoms with van der Waals surface area (Å²) in [5.41, 5.74) is 5.42. The molecule has 30 heavy (non-hydrogen) atoms. The van der Waals surface area contributed by atoms with E-state index in [4.69, 9.17) is 4.74 Å². The number of nitrogens with one attached hydrogen (secondary N) is 1. The predicted octanol–water partition coefficient (Wildman–Crippen LogP) is 4.21. The molecule has 2 saturated heterocycles. The van der Waals surface area contributed by atoms with E-state index in [-0.39, 0.29) is 11.4 Å². The van der Waals surface area contributed by atoms with Crippen LogP contribution in [0.3, 0.4) is 0 Å². The van der Waals surface area contributed by atoms with E-state index in [1.807, 2.05) is 0 Å². The molecule has 2 aromatic carbocycles. The molecule has 4 nitrogen and oxygen atoms in total. The van der Waals surface area contributed by atoms with Crippen LogP contribution in [0.1, 0.15) is 60.3 Å². The maximum Gasteiger partial charge on any atom is 0.220 e. The van der Waals surface area contributed by atoms with Crippen molar-refractivity contribution in [2.24, 2.45) is 0 Å². The Bertz CT molecular complexity index is 926. The number of carbonyl (C=O) groups is 1. The van der Waals surface area contributed by atoms with Crippen molar-refractivity contribution in [2.75, 3.05) is 20.2 Å². The van der Waals surface area contributed by atoms with Crippen LogP contribution in [0.2, 0.25) is 0 Å². The fourth-order valence-corrected chi connectivity index (χ4v) is 5.95. The molecule has 0 bridgehead atoms. The molecule has 2 aliphatic heterocycles. The number of carbonyl (C=O) groups excluding carboxylic acids is 1. The number of benzene rings is 2. The molecule has 1 aliphatic carbocycles. The first kappa shape index (κ1) is 19.6. The largest absolute Gasteiger partial charge is 0.496 e. The number of hydrogen-bond acceptors (Lipinski definition) is 3. The molecule has 1 amide bonds. The topological polar surface area (TPSA) is 41.6 Å². The van der Waals surface area contributed by atoms with E-state index in [1.54, 1.807) is 7.11 Å². The summed E-state index contributed by atoms with van der Waals surface area (Å²) in [6, 6.07) is 15.4. The minimum atomic E-state index is -0.155. The molecular formula is C26H32N2O2.